The van der Waals surface area contributed by atoms with Crippen molar-refractivity contribution in [3.05, 3.63) is 0 Å². The molecule has 0 spiro atoms. The van der Waals surface area contributed by atoms with Gasteiger partial charge in [0.2, 0.25) is 0 Å². The molecule has 0 aromatic heterocycles. The van der Waals surface area contributed by atoms with Crippen LogP contribution in [0.15, 0.2) is 0 Å². The van der Waals surface area contributed by atoms with E-state index in [9.17, 15) is 13.2 Å². The molecule has 1 saturated heterocycles. The second kappa shape index (κ2) is 5.79. The van der Waals surface area contributed by atoms with E-state index in [1.807, 2.05) is 0 Å². The first-order chi connectivity index (χ1) is 8.87. The maximum atomic E-state index is 11.7. The number of hydrogen-bond acceptors (Lipinski definition) is 4. The van der Waals surface area contributed by atoms with Crippen molar-refractivity contribution < 1.29 is 18.3 Å². The number of sulfone groups is 1. The molecular formula is C13H23NO4S. The van der Waals surface area contributed by atoms with Gasteiger partial charge in [-0.05, 0) is 31.6 Å². The number of rotatable bonds is 3. The second-order valence-electron chi connectivity index (χ2n) is 6.02. The SMILES string of the molecule is CC1CCC(N2CCS(=O)(=O)CC2CC(=O)O)CC1. The van der Waals surface area contributed by atoms with Crippen molar-refractivity contribution in [3.8, 4) is 0 Å². The van der Waals surface area contributed by atoms with Crippen molar-refractivity contribution in [1.82, 2.24) is 4.90 Å². The predicted octanol–water partition coefficient (Wildman–Crippen LogP) is 1.14. The molecule has 2 rings (SSSR count). The molecule has 110 valence electrons. The molecule has 1 aliphatic heterocycles. The number of carboxylic acid groups (broad SMARTS) is 1. The Morgan fingerprint density at radius 2 is 1.89 bits per heavy atom. The fourth-order valence-corrected chi connectivity index (χ4v) is 4.88. The highest BCUT2D eigenvalue weighted by Crippen LogP contribution is 2.30. The van der Waals surface area contributed by atoms with Crippen LogP contribution in [0.2, 0.25) is 0 Å². The van der Waals surface area contributed by atoms with Gasteiger partial charge in [-0.15, -0.1) is 0 Å². The molecule has 0 amide bonds. The summed E-state index contributed by atoms with van der Waals surface area (Å²) in [4.78, 5) is 13.1. The lowest BCUT2D eigenvalue weighted by atomic mass is 9.86. The zero-order chi connectivity index (χ0) is 14.0. The summed E-state index contributed by atoms with van der Waals surface area (Å²) >= 11 is 0. The zero-order valence-corrected chi connectivity index (χ0v) is 12.2. The minimum Gasteiger partial charge on any atom is -0.481 e. The summed E-state index contributed by atoms with van der Waals surface area (Å²) in [6, 6.07) is 0.0331. The van der Waals surface area contributed by atoms with Crippen molar-refractivity contribution in [2.24, 2.45) is 5.92 Å². The van der Waals surface area contributed by atoms with E-state index < -0.39 is 15.8 Å². The topological polar surface area (TPSA) is 74.7 Å². The Balaban J connectivity index is 2.06. The van der Waals surface area contributed by atoms with E-state index in [2.05, 4.69) is 11.8 Å². The van der Waals surface area contributed by atoms with Crippen LogP contribution < -0.4 is 0 Å². The molecule has 1 aliphatic carbocycles. The van der Waals surface area contributed by atoms with Gasteiger partial charge in [0.05, 0.1) is 17.9 Å². The smallest absolute Gasteiger partial charge is 0.304 e. The number of carboxylic acids is 1. The van der Waals surface area contributed by atoms with Gasteiger partial charge in [0, 0.05) is 18.6 Å². The highest BCUT2D eigenvalue weighted by atomic mass is 32.2. The Morgan fingerprint density at radius 1 is 1.26 bits per heavy atom. The number of carbonyl (C=O) groups is 1. The number of hydrogen-bond donors (Lipinski definition) is 1. The van der Waals surface area contributed by atoms with Gasteiger partial charge in [-0.3, -0.25) is 9.69 Å². The normalized spacial score (nSPS) is 35.9. The summed E-state index contributed by atoms with van der Waals surface area (Å²) in [6.07, 6.45) is 4.39. The quantitative estimate of drug-likeness (QED) is 0.843. The van der Waals surface area contributed by atoms with Crippen molar-refractivity contribution in [3.63, 3.8) is 0 Å². The third kappa shape index (κ3) is 3.92. The average Bonchev–Trinajstić information content (AvgIpc) is 2.29. The van der Waals surface area contributed by atoms with Crippen LogP contribution in [0.4, 0.5) is 0 Å². The molecule has 5 nitrogen and oxygen atoms in total. The molecule has 1 saturated carbocycles. The molecule has 0 aromatic rings. The summed E-state index contributed by atoms with van der Waals surface area (Å²) in [6.45, 7) is 2.74. The van der Waals surface area contributed by atoms with Crippen LogP contribution >= 0.6 is 0 Å². The summed E-state index contributed by atoms with van der Waals surface area (Å²) in [7, 11) is -3.06. The maximum absolute atomic E-state index is 11.7. The van der Waals surface area contributed by atoms with Crippen molar-refractivity contribution in [2.75, 3.05) is 18.1 Å². The Labute approximate surface area is 114 Å². The zero-order valence-electron chi connectivity index (χ0n) is 11.4. The molecule has 6 heteroatoms. The van der Waals surface area contributed by atoms with E-state index in [1.54, 1.807) is 0 Å². The van der Waals surface area contributed by atoms with Crippen molar-refractivity contribution >= 4 is 15.8 Å². The third-order valence-electron chi connectivity index (χ3n) is 4.44. The van der Waals surface area contributed by atoms with Gasteiger partial charge in [0.1, 0.15) is 0 Å². The lowest BCUT2D eigenvalue weighted by molar-refractivity contribution is -0.138. The van der Waals surface area contributed by atoms with Gasteiger partial charge in [-0.2, -0.15) is 0 Å². The van der Waals surface area contributed by atoms with Gasteiger partial charge in [0.15, 0.2) is 9.84 Å². The monoisotopic (exact) mass is 289 g/mol. The fraction of sp³-hybridized carbons (Fsp3) is 0.923. The molecule has 2 fully saturated rings. The highest BCUT2D eigenvalue weighted by molar-refractivity contribution is 7.91. The Kier molecular flexibility index (Phi) is 4.50. The van der Waals surface area contributed by atoms with Gasteiger partial charge >= 0.3 is 5.97 Å². The van der Waals surface area contributed by atoms with E-state index in [-0.39, 0.29) is 24.0 Å². The summed E-state index contributed by atoms with van der Waals surface area (Å²) in [5.74, 6) is 0.0135. The standard InChI is InChI=1S/C13H23NO4S/c1-10-2-4-11(5-3-10)14-6-7-19(17,18)9-12(14)8-13(15)16/h10-12H,2-9H2,1H3,(H,15,16). The average molecular weight is 289 g/mol. The molecule has 0 radical (unpaired) electrons. The molecule has 2 aliphatic rings. The van der Waals surface area contributed by atoms with E-state index in [4.69, 9.17) is 5.11 Å². The van der Waals surface area contributed by atoms with E-state index in [1.165, 1.54) is 0 Å². The first-order valence-corrected chi connectivity index (χ1v) is 8.87. The molecular weight excluding hydrogens is 266 g/mol. The summed E-state index contributed by atoms with van der Waals surface area (Å²) in [5.41, 5.74) is 0. The predicted molar refractivity (Wildman–Crippen MR) is 72.8 cm³/mol. The van der Waals surface area contributed by atoms with Gasteiger partial charge in [0.25, 0.3) is 0 Å². The largest absolute Gasteiger partial charge is 0.481 e. The fourth-order valence-electron chi connectivity index (χ4n) is 3.33. The van der Waals surface area contributed by atoms with Crippen LogP contribution in [0, 0.1) is 5.92 Å². The molecule has 1 unspecified atom stereocenters. The molecule has 0 bridgehead atoms. The molecule has 1 atom stereocenters. The minimum atomic E-state index is -3.06. The Morgan fingerprint density at radius 3 is 2.47 bits per heavy atom. The van der Waals surface area contributed by atoms with E-state index in [0.717, 1.165) is 31.6 Å². The van der Waals surface area contributed by atoms with Crippen LogP contribution in [-0.2, 0) is 14.6 Å². The molecule has 19 heavy (non-hydrogen) atoms. The molecule has 0 aromatic carbocycles. The second-order valence-corrected chi connectivity index (χ2v) is 8.25. The third-order valence-corrected chi connectivity index (χ3v) is 6.14. The van der Waals surface area contributed by atoms with Gasteiger partial charge in [-0.25, -0.2) is 8.42 Å². The van der Waals surface area contributed by atoms with Crippen molar-refractivity contribution in [1.29, 1.82) is 0 Å². The number of aliphatic carboxylic acids is 1. The maximum Gasteiger partial charge on any atom is 0.304 e. The van der Waals surface area contributed by atoms with Crippen LogP contribution in [0.1, 0.15) is 39.0 Å². The van der Waals surface area contributed by atoms with Crippen LogP contribution in [0.5, 0.6) is 0 Å². The van der Waals surface area contributed by atoms with Gasteiger partial charge in [-0.1, -0.05) is 6.92 Å². The molecule has 1 N–H and O–H groups in total. The first-order valence-electron chi connectivity index (χ1n) is 7.05. The van der Waals surface area contributed by atoms with Crippen LogP contribution in [0.3, 0.4) is 0 Å². The first kappa shape index (κ1) is 14.8. The van der Waals surface area contributed by atoms with Crippen LogP contribution in [0.25, 0.3) is 0 Å². The minimum absolute atomic E-state index is 0.00531. The van der Waals surface area contributed by atoms with Crippen molar-refractivity contribution in [2.45, 2.75) is 51.1 Å². The van der Waals surface area contributed by atoms with Gasteiger partial charge < -0.3 is 5.11 Å². The summed E-state index contributed by atoms with van der Waals surface area (Å²) in [5, 5.41) is 8.97. The lowest BCUT2D eigenvalue weighted by Crippen LogP contribution is -2.54. The highest BCUT2D eigenvalue weighted by Gasteiger charge is 2.37. The van der Waals surface area contributed by atoms with Crippen LogP contribution in [-0.4, -0.2) is 54.5 Å². The number of nitrogens with zero attached hydrogens (tertiary/aromatic N) is 1. The van der Waals surface area contributed by atoms with E-state index in [0.29, 0.717) is 12.6 Å². The Hall–Kier alpha value is -0.620. The lowest BCUT2D eigenvalue weighted by Gasteiger charge is -2.42. The summed E-state index contributed by atoms with van der Waals surface area (Å²) < 4.78 is 23.4. The Bertz CT molecular complexity index is 426. The van der Waals surface area contributed by atoms with E-state index >= 15 is 0 Å². The molecule has 1 heterocycles.